The summed E-state index contributed by atoms with van der Waals surface area (Å²) in [6.07, 6.45) is 0.770. The van der Waals surface area contributed by atoms with E-state index in [0.717, 1.165) is 23.2 Å². The number of aromatic amines is 1. The highest BCUT2D eigenvalue weighted by molar-refractivity contribution is 7.99. The van der Waals surface area contributed by atoms with Crippen LogP contribution in [0.2, 0.25) is 0 Å². The summed E-state index contributed by atoms with van der Waals surface area (Å²) in [6.45, 7) is 6.48. The summed E-state index contributed by atoms with van der Waals surface area (Å²) in [5, 5.41) is 10.5. The predicted molar refractivity (Wildman–Crippen MR) is 124 cm³/mol. The minimum atomic E-state index is -0.208. The molecule has 8 heteroatoms. The van der Waals surface area contributed by atoms with Crippen LogP contribution in [0.25, 0.3) is 11.4 Å². The molecule has 0 unspecified atom stereocenters. The van der Waals surface area contributed by atoms with Crippen LogP contribution in [0.3, 0.4) is 0 Å². The molecule has 0 radical (unpaired) electrons. The fraction of sp³-hybridized carbons (Fsp3) is 0.304. The van der Waals surface area contributed by atoms with E-state index in [2.05, 4.69) is 20.5 Å². The summed E-state index contributed by atoms with van der Waals surface area (Å²) in [7, 11) is 0. The number of nitrogens with one attached hydrogen (secondary N) is 2. The van der Waals surface area contributed by atoms with Gasteiger partial charge in [0, 0.05) is 17.8 Å². The van der Waals surface area contributed by atoms with E-state index in [1.807, 2.05) is 69.3 Å². The van der Waals surface area contributed by atoms with Crippen molar-refractivity contribution in [2.24, 2.45) is 0 Å². The van der Waals surface area contributed by atoms with Gasteiger partial charge in [0.1, 0.15) is 0 Å². The van der Waals surface area contributed by atoms with Crippen LogP contribution >= 0.6 is 11.8 Å². The molecular formula is C23H27N5O2S. The standard InChI is InChI=1S/C23H27N5O2S/c1-4-13-28(14-20(29)24-19-8-6-5-7-17(19)3)21(30)15-31-23-25-22(26-27-23)18-11-9-16(2)10-12-18/h5-12H,4,13-15H2,1-3H3,(H,24,29)(H,25,26,27). The maximum absolute atomic E-state index is 12.7. The fourth-order valence-corrected chi connectivity index (χ4v) is 3.71. The molecule has 0 aliphatic carbocycles. The van der Waals surface area contributed by atoms with Crippen LogP contribution in [-0.2, 0) is 9.59 Å². The number of anilines is 1. The number of rotatable bonds is 9. The Balaban J connectivity index is 1.56. The molecule has 2 amide bonds. The number of thioether (sulfide) groups is 1. The molecule has 0 spiro atoms. The van der Waals surface area contributed by atoms with Crippen molar-refractivity contribution >= 4 is 29.3 Å². The molecule has 2 N–H and O–H groups in total. The van der Waals surface area contributed by atoms with Crippen molar-refractivity contribution in [2.45, 2.75) is 32.3 Å². The molecule has 7 nitrogen and oxygen atoms in total. The first kappa shape index (κ1) is 22.6. The molecule has 1 heterocycles. The number of para-hydroxylation sites is 1. The van der Waals surface area contributed by atoms with Crippen molar-refractivity contribution in [1.29, 1.82) is 0 Å². The predicted octanol–water partition coefficient (Wildman–Crippen LogP) is 4.06. The van der Waals surface area contributed by atoms with E-state index in [1.165, 1.54) is 17.3 Å². The Morgan fingerprint density at radius 1 is 1.10 bits per heavy atom. The molecule has 1 aromatic heterocycles. The molecule has 2 aromatic carbocycles. The lowest BCUT2D eigenvalue weighted by Gasteiger charge is -2.21. The monoisotopic (exact) mass is 437 g/mol. The van der Waals surface area contributed by atoms with Gasteiger partial charge in [0.25, 0.3) is 0 Å². The molecule has 162 valence electrons. The molecule has 0 saturated carbocycles. The number of benzene rings is 2. The van der Waals surface area contributed by atoms with Gasteiger partial charge in [-0.3, -0.25) is 14.7 Å². The zero-order valence-electron chi connectivity index (χ0n) is 18.0. The van der Waals surface area contributed by atoms with Crippen LogP contribution in [0, 0.1) is 13.8 Å². The van der Waals surface area contributed by atoms with Crippen LogP contribution in [0.1, 0.15) is 24.5 Å². The Bertz CT molecular complexity index is 1030. The van der Waals surface area contributed by atoms with E-state index in [1.54, 1.807) is 4.90 Å². The van der Waals surface area contributed by atoms with E-state index in [4.69, 9.17) is 0 Å². The molecule has 0 aliphatic heterocycles. The topological polar surface area (TPSA) is 91.0 Å². The molecule has 31 heavy (non-hydrogen) atoms. The maximum Gasteiger partial charge on any atom is 0.244 e. The highest BCUT2D eigenvalue weighted by Crippen LogP contribution is 2.20. The van der Waals surface area contributed by atoms with Crippen molar-refractivity contribution < 1.29 is 9.59 Å². The number of amides is 2. The molecule has 0 fully saturated rings. The molecule has 0 saturated heterocycles. The third-order valence-electron chi connectivity index (χ3n) is 4.71. The van der Waals surface area contributed by atoms with Gasteiger partial charge in [0.05, 0.1) is 12.3 Å². The molecule has 3 rings (SSSR count). The Hall–Kier alpha value is -3.13. The lowest BCUT2D eigenvalue weighted by molar-refractivity contribution is -0.132. The normalized spacial score (nSPS) is 10.7. The number of hydrogen-bond acceptors (Lipinski definition) is 5. The minimum absolute atomic E-state index is 0.0180. The largest absolute Gasteiger partial charge is 0.333 e. The van der Waals surface area contributed by atoms with Crippen molar-refractivity contribution in [1.82, 2.24) is 20.1 Å². The fourth-order valence-electron chi connectivity index (χ4n) is 3.01. The van der Waals surface area contributed by atoms with Crippen molar-refractivity contribution in [3.8, 4) is 11.4 Å². The second-order valence-electron chi connectivity index (χ2n) is 7.30. The van der Waals surface area contributed by atoms with Gasteiger partial charge in [0.2, 0.25) is 17.0 Å². The number of H-pyrrole nitrogens is 1. The third kappa shape index (κ3) is 6.42. The summed E-state index contributed by atoms with van der Waals surface area (Å²) < 4.78 is 0. The van der Waals surface area contributed by atoms with Gasteiger partial charge in [-0.25, -0.2) is 4.98 Å². The average molecular weight is 438 g/mol. The summed E-state index contributed by atoms with van der Waals surface area (Å²) in [4.78, 5) is 31.2. The maximum atomic E-state index is 12.7. The number of hydrogen-bond donors (Lipinski definition) is 2. The Morgan fingerprint density at radius 3 is 2.55 bits per heavy atom. The number of carbonyl (C=O) groups is 2. The van der Waals surface area contributed by atoms with Gasteiger partial charge >= 0.3 is 0 Å². The number of aromatic nitrogens is 3. The van der Waals surface area contributed by atoms with E-state index >= 15 is 0 Å². The molecular weight excluding hydrogens is 410 g/mol. The van der Waals surface area contributed by atoms with Gasteiger partial charge in [-0.1, -0.05) is 66.7 Å². The van der Waals surface area contributed by atoms with Gasteiger partial charge in [-0.15, -0.1) is 5.10 Å². The quantitative estimate of drug-likeness (QED) is 0.493. The smallest absolute Gasteiger partial charge is 0.244 e. The highest BCUT2D eigenvalue weighted by atomic mass is 32.2. The number of nitrogens with zero attached hydrogens (tertiary/aromatic N) is 3. The molecule has 3 aromatic rings. The Morgan fingerprint density at radius 2 is 1.84 bits per heavy atom. The van der Waals surface area contributed by atoms with Gasteiger partial charge in [0.15, 0.2) is 5.82 Å². The summed E-state index contributed by atoms with van der Waals surface area (Å²) >= 11 is 1.26. The third-order valence-corrected chi connectivity index (χ3v) is 5.55. The number of carbonyl (C=O) groups excluding carboxylic acids is 2. The van der Waals surface area contributed by atoms with Crippen LogP contribution < -0.4 is 5.32 Å². The minimum Gasteiger partial charge on any atom is -0.333 e. The molecule has 0 atom stereocenters. The van der Waals surface area contributed by atoms with Gasteiger partial charge < -0.3 is 10.2 Å². The Labute approximate surface area is 186 Å². The van der Waals surface area contributed by atoms with E-state index in [-0.39, 0.29) is 24.1 Å². The van der Waals surface area contributed by atoms with Gasteiger partial charge in [-0.2, -0.15) is 0 Å². The Kier molecular flexibility index (Phi) is 7.83. The first-order valence-electron chi connectivity index (χ1n) is 10.2. The van der Waals surface area contributed by atoms with E-state index in [9.17, 15) is 9.59 Å². The highest BCUT2D eigenvalue weighted by Gasteiger charge is 2.18. The lowest BCUT2D eigenvalue weighted by atomic mass is 10.1. The number of aryl methyl sites for hydroxylation is 2. The zero-order valence-corrected chi connectivity index (χ0v) is 18.8. The van der Waals surface area contributed by atoms with E-state index in [0.29, 0.717) is 17.5 Å². The van der Waals surface area contributed by atoms with Crippen LogP contribution in [0.15, 0.2) is 53.7 Å². The zero-order chi connectivity index (χ0) is 22.2. The lowest BCUT2D eigenvalue weighted by Crippen LogP contribution is -2.39. The van der Waals surface area contributed by atoms with Crippen LogP contribution in [0.4, 0.5) is 5.69 Å². The average Bonchev–Trinajstić information content (AvgIpc) is 3.23. The van der Waals surface area contributed by atoms with Crippen molar-refractivity contribution in [3.05, 3.63) is 59.7 Å². The first-order valence-corrected chi connectivity index (χ1v) is 11.2. The molecule has 0 aliphatic rings. The van der Waals surface area contributed by atoms with Crippen molar-refractivity contribution in [3.63, 3.8) is 0 Å². The van der Waals surface area contributed by atoms with Crippen LogP contribution in [-0.4, -0.2) is 50.7 Å². The second kappa shape index (κ2) is 10.8. The SMILES string of the molecule is CCCN(CC(=O)Nc1ccccc1C)C(=O)CSc1n[nH]c(-c2ccc(C)cc2)n1. The van der Waals surface area contributed by atoms with E-state index < -0.39 is 0 Å². The summed E-state index contributed by atoms with van der Waals surface area (Å²) in [5.74, 6) is 0.509. The van der Waals surface area contributed by atoms with Crippen molar-refractivity contribution in [2.75, 3.05) is 24.2 Å². The first-order chi connectivity index (χ1) is 15.0. The van der Waals surface area contributed by atoms with Gasteiger partial charge in [-0.05, 0) is 31.9 Å². The second-order valence-corrected chi connectivity index (χ2v) is 8.24. The van der Waals surface area contributed by atoms with Crippen LogP contribution in [0.5, 0.6) is 0 Å². The molecule has 0 bridgehead atoms. The summed E-state index contributed by atoms with van der Waals surface area (Å²) in [5.41, 5.74) is 3.85. The summed E-state index contributed by atoms with van der Waals surface area (Å²) in [6, 6.07) is 15.6.